The second kappa shape index (κ2) is 9.55. The van der Waals surface area contributed by atoms with Gasteiger partial charge in [0.1, 0.15) is 0 Å². The van der Waals surface area contributed by atoms with E-state index >= 15 is 0 Å². The van der Waals surface area contributed by atoms with Crippen molar-refractivity contribution in [1.29, 1.82) is 0 Å². The third-order valence-corrected chi connectivity index (χ3v) is 4.10. The molecule has 6 heteroatoms. The van der Waals surface area contributed by atoms with Crippen LogP contribution in [-0.4, -0.2) is 56.2 Å². The molecular formula is C14H28ClN3O2. The largest absolute Gasteiger partial charge is 0.376 e. The van der Waals surface area contributed by atoms with Gasteiger partial charge in [0.15, 0.2) is 0 Å². The maximum Gasteiger partial charge on any atom is 0.234 e. The normalized spacial score (nSPS) is 27.1. The second-order valence-electron chi connectivity index (χ2n) is 5.76. The van der Waals surface area contributed by atoms with E-state index in [1.165, 1.54) is 12.8 Å². The van der Waals surface area contributed by atoms with Crippen LogP contribution in [0.3, 0.4) is 0 Å². The van der Waals surface area contributed by atoms with Crippen molar-refractivity contribution in [3.05, 3.63) is 0 Å². The second-order valence-corrected chi connectivity index (χ2v) is 5.76. The third-order valence-electron chi connectivity index (χ3n) is 4.10. The lowest BCUT2D eigenvalue weighted by Crippen LogP contribution is -2.44. The Morgan fingerprint density at radius 1 is 1.35 bits per heavy atom. The van der Waals surface area contributed by atoms with Gasteiger partial charge in [0, 0.05) is 19.7 Å². The number of carbonyl (C=O) groups excluding carboxylic acids is 1. The van der Waals surface area contributed by atoms with Gasteiger partial charge in [-0.05, 0) is 51.1 Å². The van der Waals surface area contributed by atoms with E-state index < -0.39 is 0 Å². The van der Waals surface area contributed by atoms with Crippen LogP contribution in [0.15, 0.2) is 0 Å². The van der Waals surface area contributed by atoms with E-state index in [1.54, 1.807) is 0 Å². The molecule has 20 heavy (non-hydrogen) atoms. The molecule has 2 atom stereocenters. The first kappa shape index (κ1) is 17.7. The Labute approximate surface area is 128 Å². The molecule has 1 amide bonds. The Bertz CT molecular complexity index is 284. The minimum atomic E-state index is 0. The lowest BCUT2D eigenvalue weighted by Gasteiger charge is -2.32. The molecule has 0 radical (unpaired) electrons. The molecular weight excluding hydrogens is 278 g/mol. The molecule has 5 nitrogen and oxygen atoms in total. The number of piperidine rings is 1. The van der Waals surface area contributed by atoms with Gasteiger partial charge in [0.25, 0.3) is 0 Å². The summed E-state index contributed by atoms with van der Waals surface area (Å²) >= 11 is 0. The van der Waals surface area contributed by atoms with Gasteiger partial charge in [0.05, 0.1) is 12.6 Å². The molecule has 0 spiro atoms. The summed E-state index contributed by atoms with van der Waals surface area (Å²) in [7, 11) is 0. The third kappa shape index (κ3) is 5.95. The predicted octanol–water partition coefficient (Wildman–Crippen LogP) is 0.764. The zero-order chi connectivity index (χ0) is 13.5. The van der Waals surface area contributed by atoms with Crippen LogP contribution in [0.1, 0.15) is 32.1 Å². The van der Waals surface area contributed by atoms with Crippen molar-refractivity contribution in [3.63, 3.8) is 0 Å². The molecule has 2 rings (SSSR count). The highest BCUT2D eigenvalue weighted by atomic mass is 35.5. The van der Waals surface area contributed by atoms with Gasteiger partial charge >= 0.3 is 0 Å². The number of ether oxygens (including phenoxy) is 1. The van der Waals surface area contributed by atoms with Crippen LogP contribution in [0.5, 0.6) is 0 Å². The predicted molar refractivity (Wildman–Crippen MR) is 82.1 cm³/mol. The minimum absolute atomic E-state index is 0. The number of hydrogen-bond acceptors (Lipinski definition) is 4. The fourth-order valence-electron chi connectivity index (χ4n) is 3.06. The molecule has 2 saturated heterocycles. The van der Waals surface area contributed by atoms with Crippen molar-refractivity contribution in [2.45, 2.75) is 38.2 Å². The summed E-state index contributed by atoms with van der Waals surface area (Å²) in [5.41, 5.74) is 5.61. The first-order valence-corrected chi connectivity index (χ1v) is 7.58. The number of nitrogens with one attached hydrogen (secondary N) is 1. The van der Waals surface area contributed by atoms with Crippen LogP contribution in [0.4, 0.5) is 0 Å². The molecule has 2 unspecified atom stereocenters. The molecule has 2 heterocycles. The average molecular weight is 306 g/mol. The Morgan fingerprint density at radius 3 is 2.90 bits per heavy atom. The summed E-state index contributed by atoms with van der Waals surface area (Å²) in [5.74, 6) is 0.800. The molecule has 0 aromatic rings. The van der Waals surface area contributed by atoms with Crippen molar-refractivity contribution in [3.8, 4) is 0 Å². The topological polar surface area (TPSA) is 67.6 Å². The van der Waals surface area contributed by atoms with Crippen molar-refractivity contribution < 1.29 is 9.53 Å². The number of amides is 1. The lowest BCUT2D eigenvalue weighted by atomic mass is 9.95. The highest BCUT2D eigenvalue weighted by Crippen LogP contribution is 2.18. The fraction of sp³-hybridized carbons (Fsp3) is 0.929. The summed E-state index contributed by atoms with van der Waals surface area (Å²) in [6.07, 6.45) is 5.94. The van der Waals surface area contributed by atoms with Gasteiger partial charge in [-0.2, -0.15) is 0 Å². The Balaban J connectivity index is 0.00000200. The molecule has 2 aliphatic heterocycles. The van der Waals surface area contributed by atoms with E-state index in [0.29, 0.717) is 19.0 Å². The maximum atomic E-state index is 11.9. The van der Waals surface area contributed by atoms with E-state index in [1.807, 2.05) is 0 Å². The van der Waals surface area contributed by atoms with Gasteiger partial charge < -0.3 is 15.8 Å². The van der Waals surface area contributed by atoms with Crippen LogP contribution in [0.2, 0.25) is 0 Å². The Kier molecular flexibility index (Phi) is 8.45. The highest BCUT2D eigenvalue weighted by molar-refractivity contribution is 5.85. The van der Waals surface area contributed by atoms with Crippen molar-refractivity contribution in [2.24, 2.45) is 11.7 Å². The summed E-state index contributed by atoms with van der Waals surface area (Å²) < 4.78 is 5.50. The highest BCUT2D eigenvalue weighted by Gasteiger charge is 2.22. The van der Waals surface area contributed by atoms with Crippen LogP contribution in [0, 0.1) is 5.92 Å². The van der Waals surface area contributed by atoms with Gasteiger partial charge in [0.2, 0.25) is 5.91 Å². The molecule has 0 saturated carbocycles. The average Bonchev–Trinajstić information content (AvgIpc) is 2.90. The van der Waals surface area contributed by atoms with Crippen molar-refractivity contribution in [1.82, 2.24) is 10.2 Å². The number of likely N-dealkylation sites (tertiary alicyclic amines) is 1. The number of halogens is 1. The number of rotatable bonds is 6. The monoisotopic (exact) mass is 305 g/mol. The molecule has 0 aromatic carbocycles. The zero-order valence-electron chi connectivity index (χ0n) is 12.2. The molecule has 0 bridgehead atoms. The van der Waals surface area contributed by atoms with Gasteiger partial charge in [-0.25, -0.2) is 0 Å². The summed E-state index contributed by atoms with van der Waals surface area (Å²) in [4.78, 5) is 14.2. The summed E-state index contributed by atoms with van der Waals surface area (Å²) in [6, 6.07) is 0. The van der Waals surface area contributed by atoms with Gasteiger partial charge in [-0.3, -0.25) is 9.69 Å². The first-order chi connectivity index (χ1) is 9.28. The molecule has 118 valence electrons. The summed E-state index contributed by atoms with van der Waals surface area (Å²) in [5, 5.41) is 2.99. The van der Waals surface area contributed by atoms with Gasteiger partial charge in [-0.15, -0.1) is 12.4 Å². The van der Waals surface area contributed by atoms with Crippen LogP contribution >= 0.6 is 12.4 Å². The number of nitrogens with zero attached hydrogens (tertiary/aromatic N) is 1. The maximum absolute atomic E-state index is 11.9. The smallest absolute Gasteiger partial charge is 0.234 e. The Morgan fingerprint density at radius 2 is 2.20 bits per heavy atom. The SMILES string of the molecule is Cl.NCCC1CCCN(CC(=O)NCC2CCCO2)C1. The first-order valence-electron chi connectivity index (χ1n) is 7.58. The molecule has 2 fully saturated rings. The zero-order valence-corrected chi connectivity index (χ0v) is 13.0. The van der Waals surface area contributed by atoms with E-state index in [2.05, 4.69) is 10.2 Å². The van der Waals surface area contributed by atoms with E-state index in [-0.39, 0.29) is 24.4 Å². The standard InChI is InChI=1S/C14H27N3O2.ClH/c15-6-5-12-3-1-7-17(10-12)11-14(18)16-9-13-4-2-8-19-13;/h12-13H,1-11,15H2,(H,16,18);1H. The lowest BCUT2D eigenvalue weighted by molar-refractivity contribution is -0.123. The van der Waals surface area contributed by atoms with Crippen LogP contribution in [0.25, 0.3) is 0 Å². The molecule has 0 aliphatic carbocycles. The van der Waals surface area contributed by atoms with Crippen molar-refractivity contribution >= 4 is 18.3 Å². The number of carbonyl (C=O) groups is 1. The number of nitrogens with two attached hydrogens (primary N) is 1. The molecule has 3 N–H and O–H groups in total. The quantitative estimate of drug-likeness (QED) is 0.760. The molecule has 2 aliphatic rings. The van der Waals surface area contributed by atoms with E-state index in [9.17, 15) is 4.79 Å². The van der Waals surface area contributed by atoms with E-state index in [0.717, 1.165) is 45.5 Å². The minimum Gasteiger partial charge on any atom is -0.376 e. The van der Waals surface area contributed by atoms with Gasteiger partial charge in [-0.1, -0.05) is 0 Å². The fourth-order valence-corrected chi connectivity index (χ4v) is 3.06. The molecule has 0 aromatic heterocycles. The van der Waals surface area contributed by atoms with E-state index in [4.69, 9.17) is 10.5 Å². The van der Waals surface area contributed by atoms with Crippen molar-refractivity contribution in [2.75, 3.05) is 39.3 Å². The van der Waals surface area contributed by atoms with Crippen LogP contribution < -0.4 is 11.1 Å². The Hall–Kier alpha value is -0.360. The number of hydrogen-bond donors (Lipinski definition) is 2. The van der Waals surface area contributed by atoms with Crippen LogP contribution in [-0.2, 0) is 9.53 Å². The summed E-state index contributed by atoms with van der Waals surface area (Å²) in [6.45, 7) is 4.84.